The second kappa shape index (κ2) is 5.87. The molecular formula is C15H18N4O2. The molecule has 0 aliphatic heterocycles. The summed E-state index contributed by atoms with van der Waals surface area (Å²) >= 11 is 0. The molecule has 0 saturated heterocycles. The van der Waals surface area contributed by atoms with Gasteiger partial charge in [0, 0.05) is 36.0 Å². The average Bonchev–Trinajstić information content (AvgIpc) is 2.45. The van der Waals surface area contributed by atoms with E-state index in [4.69, 9.17) is 0 Å². The molecule has 1 N–H and O–H groups in total. The predicted octanol–water partition coefficient (Wildman–Crippen LogP) is 3.53. The largest absolute Gasteiger partial charge is 0.373 e. The maximum atomic E-state index is 10.9. The predicted molar refractivity (Wildman–Crippen MR) is 82.5 cm³/mol. The molecule has 110 valence electrons. The van der Waals surface area contributed by atoms with Gasteiger partial charge in [0.15, 0.2) is 5.82 Å². The molecule has 0 aliphatic rings. The molecule has 0 bridgehead atoms. The molecule has 2 aromatic rings. The maximum Gasteiger partial charge on any atom is 0.270 e. The minimum Gasteiger partial charge on any atom is -0.373 e. The SMILES string of the molecule is CNc1nc(-c2cccc([N+](=O)[O-])c2)nc(C)c1C(C)C. The van der Waals surface area contributed by atoms with Gasteiger partial charge in [-0.25, -0.2) is 9.97 Å². The Bertz CT molecular complexity index is 683. The van der Waals surface area contributed by atoms with Crippen molar-refractivity contribution >= 4 is 11.5 Å². The van der Waals surface area contributed by atoms with Crippen LogP contribution in [0.15, 0.2) is 24.3 Å². The number of benzene rings is 1. The first-order valence-corrected chi connectivity index (χ1v) is 6.75. The minimum atomic E-state index is -0.419. The summed E-state index contributed by atoms with van der Waals surface area (Å²) in [5.41, 5.74) is 2.62. The number of hydrogen-bond donors (Lipinski definition) is 1. The van der Waals surface area contributed by atoms with Crippen LogP contribution in [0.3, 0.4) is 0 Å². The zero-order chi connectivity index (χ0) is 15.6. The van der Waals surface area contributed by atoms with E-state index in [0.29, 0.717) is 17.3 Å². The smallest absolute Gasteiger partial charge is 0.270 e. The van der Waals surface area contributed by atoms with Crippen molar-refractivity contribution in [1.29, 1.82) is 0 Å². The number of aromatic nitrogens is 2. The third kappa shape index (κ3) is 2.99. The fourth-order valence-corrected chi connectivity index (χ4v) is 2.35. The second-order valence-electron chi connectivity index (χ2n) is 5.11. The first-order valence-electron chi connectivity index (χ1n) is 6.75. The molecule has 0 amide bonds. The first-order chi connectivity index (χ1) is 9.93. The molecule has 1 aromatic heterocycles. The zero-order valence-corrected chi connectivity index (χ0v) is 12.5. The number of rotatable bonds is 4. The number of aryl methyl sites for hydroxylation is 1. The van der Waals surface area contributed by atoms with Gasteiger partial charge >= 0.3 is 0 Å². The highest BCUT2D eigenvalue weighted by molar-refractivity contribution is 5.62. The van der Waals surface area contributed by atoms with Gasteiger partial charge in [0.2, 0.25) is 0 Å². The molecule has 1 heterocycles. The summed E-state index contributed by atoms with van der Waals surface area (Å²) < 4.78 is 0. The average molecular weight is 286 g/mol. The number of hydrogen-bond acceptors (Lipinski definition) is 5. The van der Waals surface area contributed by atoms with Crippen molar-refractivity contribution in [3.05, 3.63) is 45.6 Å². The van der Waals surface area contributed by atoms with E-state index in [2.05, 4.69) is 29.1 Å². The van der Waals surface area contributed by atoms with Crippen molar-refractivity contribution in [3.63, 3.8) is 0 Å². The summed E-state index contributed by atoms with van der Waals surface area (Å²) in [6.45, 7) is 6.10. The Hall–Kier alpha value is -2.50. The van der Waals surface area contributed by atoms with Gasteiger partial charge in [-0.3, -0.25) is 10.1 Å². The van der Waals surface area contributed by atoms with Gasteiger partial charge in [0.25, 0.3) is 5.69 Å². The molecule has 0 saturated carbocycles. The third-order valence-corrected chi connectivity index (χ3v) is 3.27. The molecule has 0 unspecified atom stereocenters. The Morgan fingerprint density at radius 1 is 1.29 bits per heavy atom. The monoisotopic (exact) mass is 286 g/mol. The molecular weight excluding hydrogens is 268 g/mol. The quantitative estimate of drug-likeness (QED) is 0.687. The number of anilines is 1. The lowest BCUT2D eigenvalue weighted by Crippen LogP contribution is -2.07. The topological polar surface area (TPSA) is 81.0 Å². The number of nitrogens with zero attached hydrogens (tertiary/aromatic N) is 3. The van der Waals surface area contributed by atoms with Crippen LogP contribution < -0.4 is 5.32 Å². The first kappa shape index (κ1) is 14.9. The van der Waals surface area contributed by atoms with Crippen molar-refractivity contribution in [3.8, 4) is 11.4 Å². The van der Waals surface area contributed by atoms with E-state index in [0.717, 1.165) is 17.1 Å². The molecule has 1 aromatic carbocycles. The van der Waals surface area contributed by atoms with Gasteiger partial charge < -0.3 is 5.32 Å². The fraction of sp³-hybridized carbons (Fsp3) is 0.333. The number of non-ortho nitro benzene ring substituents is 1. The summed E-state index contributed by atoms with van der Waals surface area (Å²) in [6, 6.07) is 6.36. The molecule has 0 radical (unpaired) electrons. The van der Waals surface area contributed by atoms with Crippen LogP contribution in [0.5, 0.6) is 0 Å². The molecule has 0 fully saturated rings. The summed E-state index contributed by atoms with van der Waals surface area (Å²) in [6.07, 6.45) is 0. The van der Waals surface area contributed by atoms with Crippen LogP contribution in [-0.4, -0.2) is 21.9 Å². The summed E-state index contributed by atoms with van der Waals surface area (Å²) in [5, 5.41) is 14.0. The Morgan fingerprint density at radius 2 is 2.00 bits per heavy atom. The van der Waals surface area contributed by atoms with Crippen molar-refractivity contribution < 1.29 is 4.92 Å². The van der Waals surface area contributed by atoms with Crippen LogP contribution in [0.4, 0.5) is 11.5 Å². The molecule has 0 aliphatic carbocycles. The molecule has 0 spiro atoms. The zero-order valence-electron chi connectivity index (χ0n) is 12.5. The highest BCUT2D eigenvalue weighted by Crippen LogP contribution is 2.28. The normalized spacial score (nSPS) is 10.7. The molecule has 6 nitrogen and oxygen atoms in total. The highest BCUT2D eigenvalue weighted by Gasteiger charge is 2.16. The van der Waals surface area contributed by atoms with Crippen LogP contribution in [0.1, 0.15) is 31.0 Å². The van der Waals surface area contributed by atoms with Crippen molar-refractivity contribution in [2.75, 3.05) is 12.4 Å². The van der Waals surface area contributed by atoms with Crippen LogP contribution >= 0.6 is 0 Å². The van der Waals surface area contributed by atoms with E-state index in [9.17, 15) is 10.1 Å². The molecule has 21 heavy (non-hydrogen) atoms. The lowest BCUT2D eigenvalue weighted by Gasteiger charge is -2.15. The van der Waals surface area contributed by atoms with E-state index in [-0.39, 0.29) is 5.69 Å². The van der Waals surface area contributed by atoms with Gasteiger partial charge in [-0.15, -0.1) is 0 Å². The van der Waals surface area contributed by atoms with Crippen LogP contribution in [0.25, 0.3) is 11.4 Å². The third-order valence-electron chi connectivity index (χ3n) is 3.27. The van der Waals surface area contributed by atoms with E-state index in [1.807, 2.05) is 14.0 Å². The molecule has 6 heteroatoms. The van der Waals surface area contributed by atoms with Crippen LogP contribution in [-0.2, 0) is 0 Å². The van der Waals surface area contributed by atoms with Crippen molar-refractivity contribution in [1.82, 2.24) is 9.97 Å². The second-order valence-corrected chi connectivity index (χ2v) is 5.11. The maximum absolute atomic E-state index is 10.9. The van der Waals surface area contributed by atoms with E-state index in [1.165, 1.54) is 12.1 Å². The summed E-state index contributed by atoms with van der Waals surface area (Å²) in [4.78, 5) is 19.5. The highest BCUT2D eigenvalue weighted by atomic mass is 16.6. The van der Waals surface area contributed by atoms with Gasteiger partial charge in [-0.1, -0.05) is 26.0 Å². The van der Waals surface area contributed by atoms with E-state index >= 15 is 0 Å². The van der Waals surface area contributed by atoms with Crippen LogP contribution in [0, 0.1) is 17.0 Å². The van der Waals surface area contributed by atoms with E-state index in [1.54, 1.807) is 12.1 Å². The number of nitro benzene ring substituents is 1. The van der Waals surface area contributed by atoms with Gasteiger partial charge in [-0.2, -0.15) is 0 Å². The lowest BCUT2D eigenvalue weighted by atomic mass is 10.0. The standard InChI is InChI=1S/C15H18N4O2/c1-9(2)13-10(3)17-14(18-15(13)16-4)11-6-5-7-12(8-11)19(20)21/h5-9H,1-4H3,(H,16,17,18). The van der Waals surface area contributed by atoms with E-state index < -0.39 is 4.92 Å². The molecule has 0 atom stereocenters. The number of nitrogens with one attached hydrogen (secondary N) is 1. The lowest BCUT2D eigenvalue weighted by molar-refractivity contribution is -0.384. The Balaban J connectivity index is 2.57. The fourth-order valence-electron chi connectivity index (χ4n) is 2.35. The van der Waals surface area contributed by atoms with Crippen LogP contribution in [0.2, 0.25) is 0 Å². The Labute approximate surface area is 123 Å². The van der Waals surface area contributed by atoms with Gasteiger partial charge in [-0.05, 0) is 12.8 Å². The molecule has 2 rings (SSSR count). The number of nitro groups is 1. The van der Waals surface area contributed by atoms with Gasteiger partial charge in [0.1, 0.15) is 5.82 Å². The Kier molecular flexibility index (Phi) is 4.16. The minimum absolute atomic E-state index is 0.0349. The van der Waals surface area contributed by atoms with Crippen molar-refractivity contribution in [2.45, 2.75) is 26.7 Å². The summed E-state index contributed by atoms with van der Waals surface area (Å²) in [5.74, 6) is 1.55. The van der Waals surface area contributed by atoms with Gasteiger partial charge in [0.05, 0.1) is 4.92 Å². The Morgan fingerprint density at radius 3 is 2.57 bits per heavy atom. The van der Waals surface area contributed by atoms with Crippen molar-refractivity contribution in [2.24, 2.45) is 0 Å². The summed E-state index contributed by atoms with van der Waals surface area (Å²) in [7, 11) is 1.81.